The maximum atomic E-state index is 11.9. The molecule has 0 atom stereocenters. The van der Waals surface area contributed by atoms with Gasteiger partial charge in [-0.05, 0) is 29.8 Å². The van der Waals surface area contributed by atoms with Gasteiger partial charge in [0, 0.05) is 10.5 Å². The van der Waals surface area contributed by atoms with Crippen molar-refractivity contribution in [3.8, 4) is 11.5 Å². The van der Waals surface area contributed by atoms with Crippen molar-refractivity contribution in [3.05, 3.63) is 52.5 Å². The number of benzene rings is 2. The number of esters is 1. The number of hydrogen-bond acceptors (Lipinski definition) is 4. The molecule has 5 nitrogen and oxygen atoms in total. The standard InChI is InChI=1S/C16H12BrNO4/c17-11-3-1-10(2-4-11)7-16(20)22-12-5-6-14-13(8-12)18-15(19)9-21-14/h1-6,8H,7,9H2,(H,18,19). The van der Waals surface area contributed by atoms with Gasteiger partial charge in [-0.25, -0.2) is 0 Å². The van der Waals surface area contributed by atoms with Gasteiger partial charge in [-0.15, -0.1) is 0 Å². The van der Waals surface area contributed by atoms with Crippen LogP contribution in [-0.2, 0) is 16.0 Å². The van der Waals surface area contributed by atoms with Crippen molar-refractivity contribution in [2.24, 2.45) is 0 Å². The topological polar surface area (TPSA) is 64.6 Å². The summed E-state index contributed by atoms with van der Waals surface area (Å²) in [5.41, 5.74) is 1.37. The normalized spacial score (nSPS) is 12.9. The number of rotatable bonds is 3. The number of hydrogen-bond donors (Lipinski definition) is 1. The fourth-order valence-electron chi connectivity index (χ4n) is 2.06. The molecule has 3 rings (SSSR count). The van der Waals surface area contributed by atoms with Gasteiger partial charge in [-0.2, -0.15) is 0 Å². The van der Waals surface area contributed by atoms with Gasteiger partial charge < -0.3 is 14.8 Å². The molecule has 1 N–H and O–H groups in total. The predicted molar refractivity (Wildman–Crippen MR) is 84.0 cm³/mol. The van der Waals surface area contributed by atoms with Gasteiger partial charge >= 0.3 is 5.97 Å². The molecule has 1 aliphatic heterocycles. The van der Waals surface area contributed by atoms with E-state index < -0.39 is 0 Å². The Morgan fingerprint density at radius 2 is 2.00 bits per heavy atom. The molecular formula is C16H12BrNO4. The maximum absolute atomic E-state index is 11.9. The molecule has 0 fully saturated rings. The first-order chi connectivity index (χ1) is 10.6. The van der Waals surface area contributed by atoms with Crippen molar-refractivity contribution < 1.29 is 19.1 Å². The Morgan fingerprint density at radius 1 is 1.23 bits per heavy atom. The second-order valence-electron chi connectivity index (χ2n) is 4.77. The van der Waals surface area contributed by atoms with E-state index in [1.807, 2.05) is 24.3 Å². The number of carbonyl (C=O) groups excluding carboxylic acids is 2. The molecule has 0 saturated carbocycles. The fraction of sp³-hybridized carbons (Fsp3) is 0.125. The van der Waals surface area contributed by atoms with Gasteiger partial charge in [0.1, 0.15) is 11.5 Å². The average Bonchev–Trinajstić information content (AvgIpc) is 2.49. The van der Waals surface area contributed by atoms with Crippen LogP contribution in [0.2, 0.25) is 0 Å². The van der Waals surface area contributed by atoms with Gasteiger partial charge in [0.05, 0.1) is 12.1 Å². The summed E-state index contributed by atoms with van der Waals surface area (Å²) >= 11 is 3.34. The van der Waals surface area contributed by atoms with Crippen molar-refractivity contribution in [1.82, 2.24) is 0 Å². The molecule has 6 heteroatoms. The van der Waals surface area contributed by atoms with E-state index in [1.165, 1.54) is 0 Å². The van der Waals surface area contributed by atoms with E-state index in [0.29, 0.717) is 17.2 Å². The second-order valence-corrected chi connectivity index (χ2v) is 5.69. The summed E-state index contributed by atoms with van der Waals surface area (Å²) in [5.74, 6) is 0.329. The molecule has 0 bridgehead atoms. The molecule has 0 saturated heterocycles. The lowest BCUT2D eigenvalue weighted by molar-refractivity contribution is -0.133. The zero-order valence-corrected chi connectivity index (χ0v) is 13.1. The van der Waals surface area contributed by atoms with Gasteiger partial charge in [-0.1, -0.05) is 28.1 Å². The van der Waals surface area contributed by atoms with Crippen molar-refractivity contribution in [2.75, 3.05) is 11.9 Å². The molecule has 22 heavy (non-hydrogen) atoms. The predicted octanol–water partition coefficient (Wildman–Crippen LogP) is 2.93. The zero-order chi connectivity index (χ0) is 15.5. The summed E-state index contributed by atoms with van der Waals surface area (Å²) in [7, 11) is 0. The third-order valence-corrected chi connectivity index (χ3v) is 3.61. The van der Waals surface area contributed by atoms with Crippen LogP contribution in [0.5, 0.6) is 11.5 Å². The van der Waals surface area contributed by atoms with E-state index in [-0.39, 0.29) is 24.9 Å². The second kappa shape index (κ2) is 6.19. The number of ether oxygens (including phenoxy) is 2. The van der Waals surface area contributed by atoms with E-state index in [2.05, 4.69) is 21.2 Å². The van der Waals surface area contributed by atoms with Crippen LogP contribution in [0.25, 0.3) is 0 Å². The highest BCUT2D eigenvalue weighted by Crippen LogP contribution is 2.31. The Labute approximate surface area is 135 Å². The third-order valence-electron chi connectivity index (χ3n) is 3.08. The number of nitrogens with one attached hydrogen (secondary N) is 1. The molecule has 1 amide bonds. The highest BCUT2D eigenvalue weighted by molar-refractivity contribution is 9.10. The van der Waals surface area contributed by atoms with E-state index in [0.717, 1.165) is 10.0 Å². The van der Waals surface area contributed by atoms with Crippen LogP contribution in [0.15, 0.2) is 46.9 Å². The molecule has 2 aromatic carbocycles. The average molecular weight is 362 g/mol. The molecular weight excluding hydrogens is 350 g/mol. The molecule has 0 aromatic heterocycles. The van der Waals surface area contributed by atoms with Crippen LogP contribution in [0.4, 0.5) is 5.69 Å². The lowest BCUT2D eigenvalue weighted by Gasteiger charge is -2.18. The zero-order valence-electron chi connectivity index (χ0n) is 11.5. The van der Waals surface area contributed by atoms with Crippen LogP contribution in [0.3, 0.4) is 0 Å². The lowest BCUT2D eigenvalue weighted by Crippen LogP contribution is -2.25. The highest BCUT2D eigenvalue weighted by atomic mass is 79.9. The fourth-order valence-corrected chi connectivity index (χ4v) is 2.33. The smallest absolute Gasteiger partial charge is 0.315 e. The Morgan fingerprint density at radius 3 is 2.77 bits per heavy atom. The molecule has 2 aromatic rings. The summed E-state index contributed by atoms with van der Waals surface area (Å²) in [5, 5.41) is 2.67. The molecule has 0 radical (unpaired) electrons. The summed E-state index contributed by atoms with van der Waals surface area (Å²) in [6.07, 6.45) is 0.174. The molecule has 0 aliphatic carbocycles. The quantitative estimate of drug-likeness (QED) is 0.674. The molecule has 0 spiro atoms. The lowest BCUT2D eigenvalue weighted by atomic mass is 10.1. The van der Waals surface area contributed by atoms with Crippen LogP contribution >= 0.6 is 15.9 Å². The van der Waals surface area contributed by atoms with Gasteiger partial charge in [0.2, 0.25) is 0 Å². The van der Waals surface area contributed by atoms with Gasteiger partial charge in [-0.3, -0.25) is 9.59 Å². The molecule has 1 heterocycles. The first-order valence-corrected chi connectivity index (χ1v) is 7.41. The van der Waals surface area contributed by atoms with Gasteiger partial charge in [0.15, 0.2) is 6.61 Å². The van der Waals surface area contributed by atoms with E-state index in [9.17, 15) is 9.59 Å². The SMILES string of the molecule is O=C1COc2ccc(OC(=O)Cc3ccc(Br)cc3)cc2N1. The number of halogens is 1. The first-order valence-electron chi connectivity index (χ1n) is 6.62. The Kier molecular flexibility index (Phi) is 4.11. The van der Waals surface area contributed by atoms with Crippen LogP contribution in [-0.4, -0.2) is 18.5 Å². The monoisotopic (exact) mass is 361 g/mol. The van der Waals surface area contributed by atoms with Crippen molar-refractivity contribution in [2.45, 2.75) is 6.42 Å². The van der Waals surface area contributed by atoms with E-state index in [4.69, 9.17) is 9.47 Å². The number of fused-ring (bicyclic) bond motifs is 1. The minimum Gasteiger partial charge on any atom is -0.482 e. The highest BCUT2D eigenvalue weighted by Gasteiger charge is 2.17. The third kappa shape index (κ3) is 3.46. The summed E-state index contributed by atoms with van der Waals surface area (Å²) < 4.78 is 11.5. The van der Waals surface area contributed by atoms with Crippen LogP contribution < -0.4 is 14.8 Å². The van der Waals surface area contributed by atoms with Crippen molar-refractivity contribution in [3.63, 3.8) is 0 Å². The van der Waals surface area contributed by atoms with Crippen LogP contribution in [0, 0.1) is 0 Å². The Hall–Kier alpha value is -2.34. The molecule has 1 aliphatic rings. The number of amides is 1. The largest absolute Gasteiger partial charge is 0.482 e. The Bertz CT molecular complexity index is 727. The minimum atomic E-state index is -0.370. The maximum Gasteiger partial charge on any atom is 0.315 e. The van der Waals surface area contributed by atoms with Crippen molar-refractivity contribution in [1.29, 1.82) is 0 Å². The van der Waals surface area contributed by atoms with E-state index in [1.54, 1.807) is 18.2 Å². The van der Waals surface area contributed by atoms with Crippen LogP contribution in [0.1, 0.15) is 5.56 Å². The summed E-state index contributed by atoms with van der Waals surface area (Å²) in [6.45, 7) is -0.00426. The number of carbonyl (C=O) groups is 2. The van der Waals surface area contributed by atoms with Gasteiger partial charge in [0.25, 0.3) is 5.91 Å². The minimum absolute atomic E-state index is 0.00426. The Balaban J connectivity index is 1.67. The summed E-state index contributed by atoms with van der Waals surface area (Å²) in [6, 6.07) is 12.3. The first kappa shape index (κ1) is 14.6. The molecule has 0 unspecified atom stereocenters. The van der Waals surface area contributed by atoms with E-state index >= 15 is 0 Å². The van der Waals surface area contributed by atoms with Crippen molar-refractivity contribution >= 4 is 33.5 Å². The number of anilines is 1. The molecule has 112 valence electrons. The summed E-state index contributed by atoms with van der Waals surface area (Å²) in [4.78, 5) is 23.2.